The highest BCUT2D eigenvalue weighted by Gasteiger charge is 2.22. The van der Waals surface area contributed by atoms with Crippen LogP contribution in [0.5, 0.6) is 0 Å². The van der Waals surface area contributed by atoms with Crippen molar-refractivity contribution in [3.8, 4) is 0 Å². The van der Waals surface area contributed by atoms with Gasteiger partial charge in [-0.25, -0.2) is 0 Å². The monoisotopic (exact) mass is 250 g/mol. The maximum atomic E-state index is 12.5. The van der Waals surface area contributed by atoms with Crippen LogP contribution < -0.4 is 11.3 Å². The Morgan fingerprint density at radius 1 is 1.44 bits per heavy atom. The van der Waals surface area contributed by atoms with E-state index in [9.17, 15) is 4.79 Å². The minimum Gasteiger partial charge on any atom is -0.336 e. The van der Waals surface area contributed by atoms with Gasteiger partial charge in [0.2, 0.25) is 0 Å². The van der Waals surface area contributed by atoms with Crippen LogP contribution in [-0.2, 0) is 0 Å². The van der Waals surface area contributed by atoms with Gasteiger partial charge in [-0.1, -0.05) is 13.8 Å². The van der Waals surface area contributed by atoms with Gasteiger partial charge in [0.05, 0.1) is 11.3 Å². The van der Waals surface area contributed by atoms with Crippen molar-refractivity contribution in [2.75, 3.05) is 12.0 Å². The van der Waals surface area contributed by atoms with Crippen LogP contribution in [0.2, 0.25) is 0 Å². The summed E-state index contributed by atoms with van der Waals surface area (Å²) in [6, 6.07) is 1.84. The predicted octanol–water partition coefficient (Wildman–Crippen LogP) is 1.87. The second-order valence-corrected chi connectivity index (χ2v) is 5.01. The summed E-state index contributed by atoms with van der Waals surface area (Å²) in [6.07, 6.45) is 3.15. The molecule has 5 nitrogen and oxygen atoms in total. The number of hydrogen-bond acceptors (Lipinski definition) is 4. The number of hydrazine groups is 1. The van der Waals surface area contributed by atoms with E-state index in [0.29, 0.717) is 17.2 Å². The Morgan fingerprint density at radius 2 is 2.11 bits per heavy atom. The lowest BCUT2D eigenvalue weighted by Gasteiger charge is -2.29. The van der Waals surface area contributed by atoms with Crippen molar-refractivity contribution >= 4 is 11.6 Å². The van der Waals surface area contributed by atoms with E-state index < -0.39 is 0 Å². The maximum absolute atomic E-state index is 12.5. The molecule has 0 saturated heterocycles. The number of nitrogens with zero attached hydrogens (tertiary/aromatic N) is 2. The molecular formula is C13H22N4O. The Hall–Kier alpha value is -1.62. The fourth-order valence-corrected chi connectivity index (χ4v) is 1.77. The summed E-state index contributed by atoms with van der Waals surface area (Å²) >= 11 is 0. The molecule has 0 aliphatic heterocycles. The van der Waals surface area contributed by atoms with E-state index >= 15 is 0 Å². The van der Waals surface area contributed by atoms with Crippen LogP contribution >= 0.6 is 0 Å². The lowest BCUT2D eigenvalue weighted by molar-refractivity contribution is 0.0682. The number of rotatable bonds is 5. The third-order valence-corrected chi connectivity index (χ3v) is 2.65. The van der Waals surface area contributed by atoms with Gasteiger partial charge < -0.3 is 10.3 Å². The molecule has 100 valence electrons. The van der Waals surface area contributed by atoms with E-state index in [0.717, 1.165) is 6.54 Å². The van der Waals surface area contributed by atoms with Crippen molar-refractivity contribution < 1.29 is 4.79 Å². The van der Waals surface area contributed by atoms with Gasteiger partial charge in [-0.15, -0.1) is 0 Å². The van der Waals surface area contributed by atoms with Crippen LogP contribution in [0.1, 0.15) is 38.1 Å². The summed E-state index contributed by atoms with van der Waals surface area (Å²) in [7, 11) is 0. The fourth-order valence-electron chi connectivity index (χ4n) is 1.77. The molecule has 0 atom stereocenters. The van der Waals surface area contributed by atoms with Crippen LogP contribution in [0.25, 0.3) is 0 Å². The minimum atomic E-state index is -0.0419. The Bertz CT molecular complexity index is 404. The number of carbonyl (C=O) groups is 1. The van der Waals surface area contributed by atoms with Crippen molar-refractivity contribution in [2.24, 2.45) is 11.8 Å². The second-order valence-electron chi connectivity index (χ2n) is 5.01. The summed E-state index contributed by atoms with van der Waals surface area (Å²) in [6.45, 7) is 8.91. The van der Waals surface area contributed by atoms with Crippen LogP contribution in [0.15, 0.2) is 18.5 Å². The molecular weight excluding hydrogens is 228 g/mol. The Kier molecular flexibility index (Phi) is 5.09. The smallest absolute Gasteiger partial charge is 0.257 e. The van der Waals surface area contributed by atoms with E-state index in [1.807, 2.05) is 18.7 Å². The zero-order chi connectivity index (χ0) is 13.7. The molecule has 18 heavy (non-hydrogen) atoms. The highest BCUT2D eigenvalue weighted by atomic mass is 16.2. The van der Waals surface area contributed by atoms with Crippen molar-refractivity contribution in [1.82, 2.24) is 9.88 Å². The van der Waals surface area contributed by atoms with E-state index in [2.05, 4.69) is 24.3 Å². The molecule has 0 aromatic carbocycles. The van der Waals surface area contributed by atoms with Gasteiger partial charge in [-0.3, -0.25) is 15.6 Å². The first-order valence-electron chi connectivity index (χ1n) is 6.19. The molecule has 5 heteroatoms. The van der Waals surface area contributed by atoms with Gasteiger partial charge in [-0.05, 0) is 25.8 Å². The van der Waals surface area contributed by atoms with Crippen molar-refractivity contribution in [1.29, 1.82) is 0 Å². The predicted molar refractivity (Wildman–Crippen MR) is 73.1 cm³/mol. The summed E-state index contributed by atoms with van der Waals surface area (Å²) in [5.41, 5.74) is 3.65. The third-order valence-electron chi connectivity index (χ3n) is 2.65. The van der Waals surface area contributed by atoms with Crippen LogP contribution in [0, 0.1) is 5.92 Å². The molecule has 0 aliphatic carbocycles. The third kappa shape index (κ3) is 3.43. The maximum Gasteiger partial charge on any atom is 0.257 e. The number of nitrogens with two attached hydrogens (primary N) is 1. The number of aromatic nitrogens is 1. The van der Waals surface area contributed by atoms with E-state index in [1.165, 1.54) is 0 Å². The van der Waals surface area contributed by atoms with Gasteiger partial charge in [0, 0.05) is 25.0 Å². The Labute approximate surface area is 108 Å². The average molecular weight is 250 g/mol. The molecule has 0 saturated carbocycles. The van der Waals surface area contributed by atoms with E-state index in [1.54, 1.807) is 18.5 Å². The number of amides is 1. The van der Waals surface area contributed by atoms with E-state index in [4.69, 9.17) is 5.84 Å². The normalized spacial score (nSPS) is 10.8. The number of hydrogen-bond donors (Lipinski definition) is 2. The lowest BCUT2D eigenvalue weighted by Crippen LogP contribution is -2.40. The highest BCUT2D eigenvalue weighted by molar-refractivity contribution is 5.99. The molecule has 0 radical (unpaired) electrons. The summed E-state index contributed by atoms with van der Waals surface area (Å²) in [4.78, 5) is 18.3. The number of nitrogens with one attached hydrogen (secondary N) is 1. The molecule has 1 aromatic rings. The fraction of sp³-hybridized carbons (Fsp3) is 0.538. The van der Waals surface area contributed by atoms with Crippen molar-refractivity contribution in [3.63, 3.8) is 0 Å². The Balaban J connectivity index is 3.02. The molecule has 0 fully saturated rings. The highest BCUT2D eigenvalue weighted by Crippen LogP contribution is 2.17. The first-order valence-corrected chi connectivity index (χ1v) is 6.19. The standard InChI is InChI=1S/C13H22N4O/c1-9(2)8-17(10(3)4)13(18)11-7-15-6-5-12(11)16-14/h5-7,9-10H,8,14H2,1-4H3,(H,15,16). The lowest BCUT2D eigenvalue weighted by atomic mass is 10.1. The largest absolute Gasteiger partial charge is 0.336 e. The van der Waals surface area contributed by atoms with Gasteiger partial charge in [0.15, 0.2) is 0 Å². The molecule has 1 heterocycles. The summed E-state index contributed by atoms with van der Waals surface area (Å²) in [5.74, 6) is 5.79. The topological polar surface area (TPSA) is 71.2 Å². The number of nitrogen functional groups attached to an aromatic ring is 1. The van der Waals surface area contributed by atoms with Gasteiger partial charge in [0.25, 0.3) is 5.91 Å². The van der Waals surface area contributed by atoms with Gasteiger partial charge >= 0.3 is 0 Å². The minimum absolute atomic E-state index is 0.0419. The number of pyridine rings is 1. The summed E-state index contributed by atoms with van der Waals surface area (Å²) < 4.78 is 0. The zero-order valence-corrected chi connectivity index (χ0v) is 11.5. The number of carbonyl (C=O) groups excluding carboxylic acids is 1. The molecule has 0 bridgehead atoms. The van der Waals surface area contributed by atoms with Crippen molar-refractivity contribution in [2.45, 2.75) is 33.7 Å². The first kappa shape index (κ1) is 14.4. The average Bonchev–Trinajstić information content (AvgIpc) is 2.34. The zero-order valence-electron chi connectivity index (χ0n) is 11.5. The van der Waals surface area contributed by atoms with Gasteiger partial charge in [-0.2, -0.15) is 0 Å². The molecule has 1 amide bonds. The Morgan fingerprint density at radius 3 is 2.61 bits per heavy atom. The molecule has 3 N–H and O–H groups in total. The second kappa shape index (κ2) is 6.35. The number of anilines is 1. The first-order chi connectivity index (χ1) is 8.47. The van der Waals surface area contributed by atoms with Gasteiger partial charge in [0.1, 0.15) is 0 Å². The molecule has 0 unspecified atom stereocenters. The molecule has 1 aromatic heterocycles. The van der Waals surface area contributed by atoms with Crippen LogP contribution in [0.3, 0.4) is 0 Å². The van der Waals surface area contributed by atoms with Crippen LogP contribution in [0.4, 0.5) is 5.69 Å². The van der Waals surface area contributed by atoms with E-state index in [-0.39, 0.29) is 11.9 Å². The molecule has 0 spiro atoms. The SMILES string of the molecule is CC(C)CN(C(=O)c1cnccc1NN)C(C)C. The molecule has 1 rings (SSSR count). The van der Waals surface area contributed by atoms with Crippen LogP contribution in [-0.4, -0.2) is 28.4 Å². The summed E-state index contributed by atoms with van der Waals surface area (Å²) in [5, 5.41) is 0. The molecule has 0 aliphatic rings. The quantitative estimate of drug-likeness (QED) is 0.618. The van der Waals surface area contributed by atoms with Crippen molar-refractivity contribution in [3.05, 3.63) is 24.0 Å².